The summed E-state index contributed by atoms with van der Waals surface area (Å²) >= 11 is 0. The standard InChI is InChI=1S/C16H23N3/c1-2-11-17-14-16-10-12-18-19(16)13-6-9-15-7-4-3-5-8-15/h3-5,7-8,10,12,17H,2,6,9,11,13-14H2,1H3. The average Bonchev–Trinajstić information content (AvgIpc) is 2.88. The van der Waals surface area contributed by atoms with Gasteiger partial charge in [-0.1, -0.05) is 37.3 Å². The zero-order valence-electron chi connectivity index (χ0n) is 11.7. The minimum Gasteiger partial charge on any atom is -0.311 e. The first-order valence-electron chi connectivity index (χ1n) is 7.15. The summed E-state index contributed by atoms with van der Waals surface area (Å²) in [5.41, 5.74) is 2.68. The summed E-state index contributed by atoms with van der Waals surface area (Å²) in [4.78, 5) is 0. The first-order chi connectivity index (χ1) is 9.40. The van der Waals surface area contributed by atoms with E-state index >= 15 is 0 Å². The fraction of sp³-hybridized carbons (Fsp3) is 0.438. The third kappa shape index (κ3) is 4.52. The predicted molar refractivity (Wildman–Crippen MR) is 79.0 cm³/mol. The molecule has 0 aliphatic rings. The average molecular weight is 257 g/mol. The monoisotopic (exact) mass is 257 g/mol. The first kappa shape index (κ1) is 13.8. The molecule has 0 fully saturated rings. The van der Waals surface area contributed by atoms with Gasteiger partial charge >= 0.3 is 0 Å². The van der Waals surface area contributed by atoms with Crippen molar-refractivity contribution in [2.45, 2.75) is 39.3 Å². The van der Waals surface area contributed by atoms with Gasteiger partial charge in [0, 0.05) is 19.3 Å². The normalized spacial score (nSPS) is 10.8. The van der Waals surface area contributed by atoms with Crippen LogP contribution in [-0.2, 0) is 19.5 Å². The second-order valence-electron chi connectivity index (χ2n) is 4.81. The summed E-state index contributed by atoms with van der Waals surface area (Å²) in [6.45, 7) is 5.16. The Hall–Kier alpha value is -1.61. The van der Waals surface area contributed by atoms with Crippen molar-refractivity contribution in [1.29, 1.82) is 0 Å². The Morgan fingerprint density at radius 2 is 2.00 bits per heavy atom. The molecule has 3 heteroatoms. The van der Waals surface area contributed by atoms with Crippen molar-refractivity contribution >= 4 is 0 Å². The quantitative estimate of drug-likeness (QED) is 0.737. The lowest BCUT2D eigenvalue weighted by atomic mass is 10.1. The lowest BCUT2D eigenvalue weighted by Crippen LogP contribution is -2.17. The number of aromatic nitrogens is 2. The lowest BCUT2D eigenvalue weighted by Gasteiger charge is -2.08. The fourth-order valence-corrected chi connectivity index (χ4v) is 2.18. The van der Waals surface area contributed by atoms with Crippen LogP contribution in [0.5, 0.6) is 0 Å². The van der Waals surface area contributed by atoms with Crippen LogP contribution in [0.1, 0.15) is 31.0 Å². The van der Waals surface area contributed by atoms with E-state index < -0.39 is 0 Å². The molecule has 0 aliphatic carbocycles. The Morgan fingerprint density at radius 3 is 2.79 bits per heavy atom. The minimum atomic E-state index is 0.916. The van der Waals surface area contributed by atoms with Gasteiger partial charge < -0.3 is 5.32 Å². The Morgan fingerprint density at radius 1 is 1.16 bits per heavy atom. The molecule has 0 amide bonds. The third-order valence-corrected chi connectivity index (χ3v) is 3.22. The molecule has 1 N–H and O–H groups in total. The van der Waals surface area contributed by atoms with Crippen LogP contribution in [0.3, 0.4) is 0 Å². The van der Waals surface area contributed by atoms with Gasteiger partial charge in [0.25, 0.3) is 0 Å². The number of hydrogen-bond acceptors (Lipinski definition) is 2. The molecule has 1 heterocycles. The number of hydrogen-bond donors (Lipinski definition) is 1. The topological polar surface area (TPSA) is 29.9 Å². The molecule has 1 aromatic carbocycles. The summed E-state index contributed by atoms with van der Waals surface area (Å²) in [7, 11) is 0. The second-order valence-corrected chi connectivity index (χ2v) is 4.81. The number of nitrogens with one attached hydrogen (secondary N) is 1. The largest absolute Gasteiger partial charge is 0.311 e. The molecule has 0 saturated carbocycles. The van der Waals surface area contributed by atoms with Crippen molar-refractivity contribution in [1.82, 2.24) is 15.1 Å². The van der Waals surface area contributed by atoms with E-state index in [-0.39, 0.29) is 0 Å². The van der Waals surface area contributed by atoms with Gasteiger partial charge in [0.2, 0.25) is 0 Å². The Bertz CT molecular complexity index is 462. The Balaban J connectivity index is 1.78. The summed E-state index contributed by atoms with van der Waals surface area (Å²) in [6.07, 6.45) is 5.31. The number of rotatable bonds is 8. The molecule has 2 aromatic rings. The maximum absolute atomic E-state index is 4.40. The molecule has 0 atom stereocenters. The summed E-state index contributed by atoms with van der Waals surface area (Å²) in [6, 6.07) is 12.7. The predicted octanol–water partition coefficient (Wildman–Crippen LogP) is 3.02. The Labute approximate surface area is 115 Å². The lowest BCUT2D eigenvalue weighted by molar-refractivity contribution is 0.534. The van der Waals surface area contributed by atoms with Crippen LogP contribution in [0.25, 0.3) is 0 Å². The molecule has 0 saturated heterocycles. The molecule has 3 nitrogen and oxygen atoms in total. The number of aryl methyl sites for hydroxylation is 2. The van der Waals surface area contributed by atoms with Gasteiger partial charge in [-0.3, -0.25) is 4.68 Å². The van der Waals surface area contributed by atoms with Crippen molar-refractivity contribution in [2.24, 2.45) is 0 Å². The van der Waals surface area contributed by atoms with Crippen LogP contribution in [0.15, 0.2) is 42.6 Å². The smallest absolute Gasteiger partial charge is 0.0522 e. The van der Waals surface area contributed by atoms with Gasteiger partial charge in [-0.2, -0.15) is 5.10 Å². The van der Waals surface area contributed by atoms with E-state index in [0.717, 1.165) is 32.5 Å². The van der Waals surface area contributed by atoms with Crippen LogP contribution in [0, 0.1) is 0 Å². The van der Waals surface area contributed by atoms with E-state index in [4.69, 9.17) is 0 Å². The summed E-state index contributed by atoms with van der Waals surface area (Å²) in [5, 5.41) is 7.83. The van der Waals surface area contributed by atoms with E-state index in [0.29, 0.717) is 0 Å². The van der Waals surface area contributed by atoms with Crippen LogP contribution < -0.4 is 5.32 Å². The fourth-order valence-electron chi connectivity index (χ4n) is 2.18. The minimum absolute atomic E-state index is 0.916. The van der Waals surface area contributed by atoms with E-state index in [1.165, 1.54) is 17.7 Å². The number of nitrogens with zero attached hydrogens (tertiary/aromatic N) is 2. The molecule has 0 radical (unpaired) electrons. The van der Waals surface area contributed by atoms with Gasteiger partial charge in [-0.25, -0.2) is 0 Å². The van der Waals surface area contributed by atoms with E-state index in [1.807, 2.05) is 6.20 Å². The van der Waals surface area contributed by atoms with Crippen molar-refractivity contribution in [3.05, 3.63) is 53.9 Å². The SMILES string of the molecule is CCCNCc1ccnn1CCCc1ccccc1. The van der Waals surface area contributed by atoms with Gasteiger partial charge in [0.15, 0.2) is 0 Å². The zero-order chi connectivity index (χ0) is 13.3. The van der Waals surface area contributed by atoms with Crippen LogP contribution >= 0.6 is 0 Å². The van der Waals surface area contributed by atoms with Gasteiger partial charge in [-0.15, -0.1) is 0 Å². The molecule has 1 aromatic heterocycles. The summed E-state index contributed by atoms with van der Waals surface area (Å²) < 4.78 is 2.12. The maximum Gasteiger partial charge on any atom is 0.0522 e. The highest BCUT2D eigenvalue weighted by Gasteiger charge is 2.01. The van der Waals surface area contributed by atoms with Crippen molar-refractivity contribution in [3.8, 4) is 0 Å². The van der Waals surface area contributed by atoms with Crippen LogP contribution in [0.2, 0.25) is 0 Å². The van der Waals surface area contributed by atoms with Crippen LogP contribution in [0.4, 0.5) is 0 Å². The van der Waals surface area contributed by atoms with E-state index in [2.05, 4.69) is 58.4 Å². The second kappa shape index (κ2) is 7.74. The van der Waals surface area contributed by atoms with Gasteiger partial charge in [-0.05, 0) is 37.4 Å². The molecule has 19 heavy (non-hydrogen) atoms. The molecule has 0 bridgehead atoms. The van der Waals surface area contributed by atoms with Crippen molar-refractivity contribution in [2.75, 3.05) is 6.54 Å². The van der Waals surface area contributed by atoms with Crippen molar-refractivity contribution < 1.29 is 0 Å². The number of benzene rings is 1. The molecule has 0 spiro atoms. The molecule has 102 valence electrons. The van der Waals surface area contributed by atoms with Crippen LogP contribution in [-0.4, -0.2) is 16.3 Å². The molecule has 0 unspecified atom stereocenters. The highest BCUT2D eigenvalue weighted by Crippen LogP contribution is 2.05. The zero-order valence-corrected chi connectivity index (χ0v) is 11.7. The summed E-state index contributed by atoms with van der Waals surface area (Å²) in [5.74, 6) is 0. The highest BCUT2D eigenvalue weighted by molar-refractivity contribution is 5.14. The first-order valence-corrected chi connectivity index (χ1v) is 7.15. The van der Waals surface area contributed by atoms with E-state index in [1.54, 1.807) is 0 Å². The highest BCUT2D eigenvalue weighted by atomic mass is 15.3. The molecular formula is C16H23N3. The molecule has 0 aliphatic heterocycles. The third-order valence-electron chi connectivity index (χ3n) is 3.22. The molecule has 2 rings (SSSR count). The maximum atomic E-state index is 4.40. The van der Waals surface area contributed by atoms with Crippen molar-refractivity contribution in [3.63, 3.8) is 0 Å². The van der Waals surface area contributed by atoms with Gasteiger partial charge in [0.05, 0.1) is 5.69 Å². The van der Waals surface area contributed by atoms with E-state index in [9.17, 15) is 0 Å². The molecular weight excluding hydrogens is 234 g/mol. The van der Waals surface area contributed by atoms with Gasteiger partial charge in [0.1, 0.15) is 0 Å². The Kier molecular flexibility index (Phi) is 5.63.